The molecule has 0 saturated carbocycles. The minimum atomic E-state index is -0.112. The van der Waals surface area contributed by atoms with Crippen LogP contribution in [0.2, 0.25) is 0 Å². The number of benzene rings is 1. The maximum absolute atomic E-state index is 11.7. The zero-order valence-electron chi connectivity index (χ0n) is 12.2. The second kappa shape index (κ2) is 10.5. The van der Waals surface area contributed by atoms with Gasteiger partial charge in [0.25, 0.3) is 0 Å². The molecule has 0 heterocycles. The van der Waals surface area contributed by atoms with E-state index in [0.717, 1.165) is 11.3 Å². The number of anilines is 1. The van der Waals surface area contributed by atoms with Crippen LogP contribution in [-0.2, 0) is 9.59 Å². The van der Waals surface area contributed by atoms with Gasteiger partial charge in [0.2, 0.25) is 11.8 Å². The summed E-state index contributed by atoms with van der Waals surface area (Å²) in [6, 6.07) is 7.54. The zero-order chi connectivity index (χ0) is 15.0. The fourth-order valence-corrected chi connectivity index (χ4v) is 2.07. The average molecular weight is 332 g/mol. The first-order chi connectivity index (χ1) is 9.51. The highest BCUT2D eigenvalue weighted by molar-refractivity contribution is 8.00. The van der Waals surface area contributed by atoms with Gasteiger partial charge < -0.3 is 16.4 Å². The lowest BCUT2D eigenvalue weighted by molar-refractivity contribution is -0.119. The molecule has 1 aromatic rings. The quantitative estimate of drug-likeness (QED) is 0.708. The number of thioether (sulfide) groups is 1. The van der Waals surface area contributed by atoms with Gasteiger partial charge >= 0.3 is 0 Å². The molecule has 1 atom stereocenters. The maximum atomic E-state index is 11.7. The van der Waals surface area contributed by atoms with Crippen molar-refractivity contribution in [2.75, 3.05) is 23.4 Å². The number of amides is 2. The Morgan fingerprint density at radius 3 is 2.33 bits per heavy atom. The van der Waals surface area contributed by atoms with Gasteiger partial charge in [0.15, 0.2) is 0 Å². The van der Waals surface area contributed by atoms with Crippen LogP contribution in [0.25, 0.3) is 0 Å². The maximum Gasteiger partial charge on any atom is 0.234 e. The molecule has 0 aromatic heterocycles. The van der Waals surface area contributed by atoms with E-state index in [-0.39, 0.29) is 41.8 Å². The van der Waals surface area contributed by atoms with E-state index in [1.807, 2.05) is 38.1 Å². The van der Waals surface area contributed by atoms with Crippen LogP contribution in [0.1, 0.15) is 12.5 Å². The summed E-state index contributed by atoms with van der Waals surface area (Å²) < 4.78 is 0. The molecule has 0 bridgehead atoms. The number of carbonyl (C=O) groups is 2. The Morgan fingerprint density at radius 2 is 1.76 bits per heavy atom. The Labute approximate surface area is 135 Å². The summed E-state index contributed by atoms with van der Waals surface area (Å²) in [6.45, 7) is 4.24. The molecule has 0 fully saturated rings. The largest absolute Gasteiger partial charge is 0.352 e. The third-order valence-electron chi connectivity index (χ3n) is 2.56. The molecule has 1 rings (SSSR count). The Kier molecular flexibility index (Phi) is 9.86. The first-order valence-corrected chi connectivity index (χ1v) is 7.60. The molecule has 0 aliphatic rings. The minimum Gasteiger partial charge on any atom is -0.352 e. The van der Waals surface area contributed by atoms with E-state index in [1.54, 1.807) is 0 Å². The number of rotatable bonds is 7. The Hall–Kier alpha value is -1.24. The number of hydrogen-bond donors (Lipinski definition) is 3. The van der Waals surface area contributed by atoms with Gasteiger partial charge in [0.1, 0.15) is 0 Å². The van der Waals surface area contributed by atoms with E-state index in [4.69, 9.17) is 5.73 Å². The van der Waals surface area contributed by atoms with Crippen molar-refractivity contribution in [1.29, 1.82) is 0 Å². The molecule has 0 unspecified atom stereocenters. The van der Waals surface area contributed by atoms with Crippen molar-refractivity contribution >= 4 is 41.7 Å². The first kappa shape index (κ1) is 19.8. The zero-order valence-corrected chi connectivity index (χ0v) is 13.9. The molecule has 5 nitrogen and oxygen atoms in total. The van der Waals surface area contributed by atoms with Crippen LogP contribution in [0, 0.1) is 6.92 Å². The molecule has 0 spiro atoms. The molecule has 118 valence electrons. The molecule has 0 radical (unpaired) electrons. The second-order valence-electron chi connectivity index (χ2n) is 4.61. The lowest BCUT2D eigenvalue weighted by atomic mass is 10.2. The van der Waals surface area contributed by atoms with Crippen LogP contribution < -0.4 is 16.4 Å². The van der Waals surface area contributed by atoms with Crippen LogP contribution in [-0.4, -0.2) is 35.9 Å². The molecule has 2 amide bonds. The summed E-state index contributed by atoms with van der Waals surface area (Å²) in [7, 11) is 0. The van der Waals surface area contributed by atoms with Crippen molar-refractivity contribution in [2.24, 2.45) is 5.73 Å². The number of hydrogen-bond acceptors (Lipinski definition) is 4. The van der Waals surface area contributed by atoms with E-state index in [1.165, 1.54) is 11.8 Å². The summed E-state index contributed by atoms with van der Waals surface area (Å²) in [4.78, 5) is 23.1. The second-order valence-corrected chi connectivity index (χ2v) is 5.60. The highest BCUT2D eigenvalue weighted by Crippen LogP contribution is 2.09. The highest BCUT2D eigenvalue weighted by atomic mass is 35.5. The molecule has 21 heavy (non-hydrogen) atoms. The lowest BCUT2D eigenvalue weighted by Crippen LogP contribution is -2.38. The number of halogens is 1. The van der Waals surface area contributed by atoms with Crippen molar-refractivity contribution in [3.05, 3.63) is 29.8 Å². The van der Waals surface area contributed by atoms with Crippen molar-refractivity contribution in [3.8, 4) is 0 Å². The molecule has 7 heteroatoms. The van der Waals surface area contributed by atoms with Crippen molar-refractivity contribution < 1.29 is 9.59 Å². The molecule has 4 N–H and O–H groups in total. The van der Waals surface area contributed by atoms with Gasteiger partial charge in [-0.3, -0.25) is 9.59 Å². The molecular formula is C14H22ClN3O2S. The third-order valence-corrected chi connectivity index (χ3v) is 3.50. The molecule has 0 aliphatic heterocycles. The highest BCUT2D eigenvalue weighted by Gasteiger charge is 2.08. The summed E-state index contributed by atoms with van der Waals surface area (Å²) in [6.07, 6.45) is 0. The van der Waals surface area contributed by atoms with E-state index in [9.17, 15) is 9.59 Å². The van der Waals surface area contributed by atoms with Gasteiger partial charge in [0, 0.05) is 18.3 Å². The normalized spacial score (nSPS) is 11.2. The minimum absolute atomic E-state index is 0. The average Bonchev–Trinajstić information content (AvgIpc) is 2.41. The van der Waals surface area contributed by atoms with Gasteiger partial charge in [0.05, 0.1) is 11.5 Å². The van der Waals surface area contributed by atoms with Crippen molar-refractivity contribution in [1.82, 2.24) is 5.32 Å². The standard InChI is InChI=1S/C14H21N3O2S.ClH/c1-10-3-5-12(6-4-10)17-14(19)9-20-8-13(18)16-11(2)7-15;/h3-6,11H,7-9,15H2,1-2H3,(H,16,18)(H,17,19);1H/t11-;/m0./s1. The topological polar surface area (TPSA) is 84.2 Å². The Bertz CT molecular complexity index is 454. The summed E-state index contributed by atoms with van der Waals surface area (Å²) in [5.74, 6) is 0.291. The molecule has 0 aliphatic carbocycles. The summed E-state index contributed by atoms with van der Waals surface area (Å²) in [5.41, 5.74) is 7.32. The van der Waals surface area contributed by atoms with Crippen LogP contribution >= 0.6 is 24.2 Å². The summed E-state index contributed by atoms with van der Waals surface area (Å²) in [5, 5.41) is 5.53. The lowest BCUT2D eigenvalue weighted by Gasteiger charge is -2.10. The van der Waals surface area contributed by atoms with Crippen molar-refractivity contribution in [3.63, 3.8) is 0 Å². The predicted octanol–water partition coefficient (Wildman–Crippen LogP) is 1.55. The third kappa shape index (κ3) is 8.60. The van der Waals surface area contributed by atoms with Crippen LogP contribution in [0.4, 0.5) is 5.69 Å². The predicted molar refractivity (Wildman–Crippen MR) is 91.0 cm³/mol. The number of aryl methyl sites for hydroxylation is 1. The van der Waals surface area contributed by atoms with Crippen LogP contribution in [0.15, 0.2) is 24.3 Å². The van der Waals surface area contributed by atoms with Gasteiger partial charge in [-0.25, -0.2) is 0 Å². The van der Waals surface area contributed by atoms with Crippen molar-refractivity contribution in [2.45, 2.75) is 19.9 Å². The molecule has 1 aromatic carbocycles. The molecular weight excluding hydrogens is 310 g/mol. The van der Waals surface area contributed by atoms with Crippen LogP contribution in [0.3, 0.4) is 0 Å². The number of nitrogens with one attached hydrogen (secondary N) is 2. The SMILES string of the molecule is Cc1ccc(NC(=O)CSCC(=O)N[C@@H](C)CN)cc1.Cl. The van der Waals surface area contributed by atoms with Crippen LogP contribution in [0.5, 0.6) is 0 Å². The van der Waals surface area contributed by atoms with E-state index < -0.39 is 0 Å². The van der Waals surface area contributed by atoms with Gasteiger partial charge in [-0.1, -0.05) is 17.7 Å². The fraction of sp³-hybridized carbons (Fsp3) is 0.429. The number of carbonyl (C=O) groups excluding carboxylic acids is 2. The first-order valence-electron chi connectivity index (χ1n) is 6.45. The van der Waals surface area contributed by atoms with E-state index >= 15 is 0 Å². The van der Waals surface area contributed by atoms with Gasteiger partial charge in [-0.15, -0.1) is 24.2 Å². The summed E-state index contributed by atoms with van der Waals surface area (Å²) >= 11 is 1.28. The van der Waals surface area contributed by atoms with E-state index in [2.05, 4.69) is 10.6 Å². The fourth-order valence-electron chi connectivity index (χ4n) is 1.45. The van der Waals surface area contributed by atoms with Gasteiger partial charge in [-0.05, 0) is 26.0 Å². The Balaban J connectivity index is 0.00000400. The monoisotopic (exact) mass is 331 g/mol. The van der Waals surface area contributed by atoms with E-state index in [0.29, 0.717) is 6.54 Å². The van der Waals surface area contributed by atoms with Gasteiger partial charge in [-0.2, -0.15) is 0 Å². The number of nitrogens with two attached hydrogens (primary N) is 1. The Morgan fingerprint density at radius 1 is 1.19 bits per heavy atom. The smallest absolute Gasteiger partial charge is 0.234 e. The molecule has 0 saturated heterocycles.